The molecule has 2 aliphatic heterocycles. The van der Waals surface area contributed by atoms with Gasteiger partial charge in [0.25, 0.3) is 5.91 Å². The summed E-state index contributed by atoms with van der Waals surface area (Å²) in [4.78, 5) is 21.0. The first-order valence-corrected chi connectivity index (χ1v) is 7.62. The van der Waals surface area contributed by atoms with E-state index in [0.29, 0.717) is 0 Å². The molecule has 0 aromatic carbocycles. The Morgan fingerprint density at radius 3 is 2.67 bits per heavy atom. The number of carbonyl (C=O) groups excluding carboxylic acids is 1. The number of rotatable bonds is 2. The molecular formula is C15H23N5O. The van der Waals surface area contributed by atoms with Crippen molar-refractivity contribution in [2.75, 3.05) is 39.8 Å². The molecule has 2 saturated heterocycles. The van der Waals surface area contributed by atoms with Gasteiger partial charge in [-0.2, -0.15) is 0 Å². The predicted molar refractivity (Wildman–Crippen MR) is 83.1 cm³/mol. The minimum absolute atomic E-state index is 0.115. The number of aliphatic imine (C=N–C) groups is 1. The summed E-state index contributed by atoms with van der Waals surface area (Å²) in [5.41, 5.74) is 0.785. The second-order valence-electron chi connectivity index (χ2n) is 5.62. The zero-order valence-electron chi connectivity index (χ0n) is 12.7. The Bertz CT molecular complexity index is 502. The van der Waals surface area contributed by atoms with Gasteiger partial charge in [0.1, 0.15) is 0 Å². The Morgan fingerprint density at radius 2 is 2.00 bits per heavy atom. The van der Waals surface area contributed by atoms with Crippen molar-refractivity contribution in [3.8, 4) is 0 Å². The monoisotopic (exact) mass is 289 g/mol. The van der Waals surface area contributed by atoms with Gasteiger partial charge in [0.05, 0.1) is 12.1 Å². The molecule has 21 heavy (non-hydrogen) atoms. The number of nitrogens with one attached hydrogen (secondary N) is 2. The van der Waals surface area contributed by atoms with Crippen LogP contribution < -0.4 is 10.6 Å². The molecule has 0 aromatic rings. The van der Waals surface area contributed by atoms with Crippen molar-refractivity contribution in [3.05, 3.63) is 23.8 Å². The summed E-state index contributed by atoms with van der Waals surface area (Å²) in [5, 5.41) is 6.55. The maximum absolute atomic E-state index is 12.6. The van der Waals surface area contributed by atoms with E-state index >= 15 is 0 Å². The van der Waals surface area contributed by atoms with E-state index in [2.05, 4.69) is 27.4 Å². The summed E-state index contributed by atoms with van der Waals surface area (Å²) in [7, 11) is 1.75. The van der Waals surface area contributed by atoms with E-state index in [0.717, 1.165) is 44.3 Å². The van der Waals surface area contributed by atoms with Gasteiger partial charge in [0.2, 0.25) is 0 Å². The highest BCUT2D eigenvalue weighted by Crippen LogP contribution is 2.17. The summed E-state index contributed by atoms with van der Waals surface area (Å²) in [5.74, 6) is 0.931. The van der Waals surface area contributed by atoms with E-state index in [1.807, 2.05) is 23.1 Å². The van der Waals surface area contributed by atoms with Crippen molar-refractivity contribution in [1.29, 1.82) is 0 Å². The van der Waals surface area contributed by atoms with Crippen molar-refractivity contribution in [2.24, 2.45) is 4.99 Å². The molecule has 0 spiro atoms. The Balaban J connectivity index is 1.65. The molecule has 3 aliphatic rings. The molecule has 2 heterocycles. The zero-order chi connectivity index (χ0) is 14.8. The largest absolute Gasteiger partial charge is 0.348 e. The molecule has 0 aromatic heterocycles. The third kappa shape index (κ3) is 2.81. The standard InChI is InChI=1S/C15H23N5O/c1-3-19-6-8-20(9-7-19)14(21)11-4-5-12-13(10-11)18-15(16-2)17-12/h4-5,10,12-13H,3,6-9H2,1-2H3,(H2,16,17,18). The highest BCUT2D eigenvalue weighted by molar-refractivity contribution is 5.97. The topological polar surface area (TPSA) is 60.0 Å². The molecule has 2 atom stereocenters. The van der Waals surface area contributed by atoms with Crippen molar-refractivity contribution in [3.63, 3.8) is 0 Å². The maximum Gasteiger partial charge on any atom is 0.253 e. The number of amides is 1. The summed E-state index contributed by atoms with van der Waals surface area (Å²) >= 11 is 0. The molecule has 3 rings (SSSR count). The first-order chi connectivity index (χ1) is 10.2. The summed E-state index contributed by atoms with van der Waals surface area (Å²) < 4.78 is 0. The molecule has 114 valence electrons. The fourth-order valence-electron chi connectivity index (χ4n) is 3.03. The van der Waals surface area contributed by atoms with E-state index in [-0.39, 0.29) is 18.0 Å². The third-order valence-electron chi connectivity index (χ3n) is 4.41. The maximum atomic E-state index is 12.6. The smallest absolute Gasteiger partial charge is 0.253 e. The van der Waals surface area contributed by atoms with Crippen LogP contribution in [0.25, 0.3) is 0 Å². The lowest BCUT2D eigenvalue weighted by Gasteiger charge is -2.34. The minimum Gasteiger partial charge on any atom is -0.348 e. The van der Waals surface area contributed by atoms with Crippen LogP contribution in [0.5, 0.6) is 0 Å². The van der Waals surface area contributed by atoms with Gasteiger partial charge in [0, 0.05) is 38.8 Å². The van der Waals surface area contributed by atoms with Gasteiger partial charge < -0.3 is 20.4 Å². The number of carbonyl (C=O) groups is 1. The molecule has 0 bridgehead atoms. The Labute approximate surface area is 125 Å². The Hall–Kier alpha value is -1.82. The second-order valence-corrected chi connectivity index (χ2v) is 5.62. The van der Waals surface area contributed by atoms with E-state index in [1.165, 1.54) is 0 Å². The van der Waals surface area contributed by atoms with Gasteiger partial charge in [-0.1, -0.05) is 19.1 Å². The number of nitrogens with zero attached hydrogens (tertiary/aromatic N) is 3. The molecule has 2 fully saturated rings. The third-order valence-corrected chi connectivity index (χ3v) is 4.41. The average Bonchev–Trinajstić information content (AvgIpc) is 2.96. The van der Waals surface area contributed by atoms with Gasteiger partial charge in [-0.05, 0) is 12.6 Å². The number of hydrogen-bond acceptors (Lipinski definition) is 3. The predicted octanol–water partition coefficient (Wildman–Crippen LogP) is -0.437. The summed E-state index contributed by atoms with van der Waals surface area (Å²) in [6, 6.07) is 0.307. The number of guanidine groups is 1. The fraction of sp³-hybridized carbons (Fsp3) is 0.600. The lowest BCUT2D eigenvalue weighted by molar-refractivity contribution is -0.128. The van der Waals surface area contributed by atoms with Gasteiger partial charge in [-0.15, -0.1) is 0 Å². The SMILES string of the molecule is CCN1CCN(C(=O)C2=CC3NC(=NC)NC3C=C2)CC1. The highest BCUT2D eigenvalue weighted by Gasteiger charge is 2.31. The van der Waals surface area contributed by atoms with Crippen molar-refractivity contribution in [1.82, 2.24) is 20.4 Å². The van der Waals surface area contributed by atoms with E-state index in [1.54, 1.807) is 7.05 Å². The summed E-state index contributed by atoms with van der Waals surface area (Å²) in [6.45, 7) is 6.80. The molecule has 1 aliphatic carbocycles. The first kappa shape index (κ1) is 14.1. The van der Waals surface area contributed by atoms with Crippen LogP contribution in [0.1, 0.15) is 6.92 Å². The molecule has 0 radical (unpaired) electrons. The number of piperazine rings is 1. The normalized spacial score (nSPS) is 30.7. The molecule has 2 N–H and O–H groups in total. The lowest BCUT2D eigenvalue weighted by atomic mass is 9.98. The number of likely N-dealkylation sites (N-methyl/N-ethyl adjacent to an activating group) is 1. The van der Waals surface area contributed by atoms with Gasteiger partial charge >= 0.3 is 0 Å². The number of fused-ring (bicyclic) bond motifs is 1. The molecule has 0 saturated carbocycles. The van der Waals surface area contributed by atoms with Crippen LogP contribution in [-0.2, 0) is 4.79 Å². The molecule has 2 unspecified atom stereocenters. The van der Waals surface area contributed by atoms with Crippen molar-refractivity contribution >= 4 is 11.9 Å². The molecular weight excluding hydrogens is 266 g/mol. The van der Waals surface area contributed by atoms with E-state index in [4.69, 9.17) is 0 Å². The van der Waals surface area contributed by atoms with Crippen LogP contribution >= 0.6 is 0 Å². The van der Waals surface area contributed by atoms with Crippen LogP contribution in [0.4, 0.5) is 0 Å². The van der Waals surface area contributed by atoms with E-state index < -0.39 is 0 Å². The fourth-order valence-corrected chi connectivity index (χ4v) is 3.03. The molecule has 6 heteroatoms. The second kappa shape index (κ2) is 5.89. The van der Waals surface area contributed by atoms with Crippen LogP contribution in [0.3, 0.4) is 0 Å². The Kier molecular flexibility index (Phi) is 3.96. The quantitative estimate of drug-likeness (QED) is 0.724. The van der Waals surface area contributed by atoms with Crippen LogP contribution in [0.15, 0.2) is 28.8 Å². The average molecular weight is 289 g/mol. The van der Waals surface area contributed by atoms with Crippen LogP contribution in [0.2, 0.25) is 0 Å². The molecule has 1 amide bonds. The summed E-state index contributed by atoms with van der Waals surface area (Å²) in [6.07, 6.45) is 6.00. The Morgan fingerprint density at radius 1 is 1.29 bits per heavy atom. The van der Waals surface area contributed by atoms with Crippen molar-refractivity contribution < 1.29 is 4.79 Å². The van der Waals surface area contributed by atoms with Gasteiger partial charge in [-0.3, -0.25) is 9.79 Å². The zero-order valence-corrected chi connectivity index (χ0v) is 12.7. The van der Waals surface area contributed by atoms with Crippen molar-refractivity contribution in [2.45, 2.75) is 19.0 Å². The van der Waals surface area contributed by atoms with E-state index in [9.17, 15) is 4.79 Å². The number of hydrogen-bond donors (Lipinski definition) is 2. The van der Waals surface area contributed by atoms with Gasteiger partial charge in [0.15, 0.2) is 5.96 Å². The van der Waals surface area contributed by atoms with Crippen LogP contribution in [0, 0.1) is 0 Å². The highest BCUT2D eigenvalue weighted by atomic mass is 16.2. The minimum atomic E-state index is 0.115. The first-order valence-electron chi connectivity index (χ1n) is 7.62. The lowest BCUT2D eigenvalue weighted by Crippen LogP contribution is -2.49. The van der Waals surface area contributed by atoms with Gasteiger partial charge in [-0.25, -0.2) is 0 Å². The van der Waals surface area contributed by atoms with Crippen LogP contribution in [-0.4, -0.2) is 73.5 Å². The molecule has 6 nitrogen and oxygen atoms in total.